The van der Waals surface area contributed by atoms with Crippen molar-refractivity contribution in [3.8, 4) is 0 Å². The monoisotopic (exact) mass is 227 g/mol. The summed E-state index contributed by atoms with van der Waals surface area (Å²) in [6.45, 7) is 4.58. The van der Waals surface area contributed by atoms with Crippen molar-refractivity contribution in [3.63, 3.8) is 0 Å². The van der Waals surface area contributed by atoms with Gasteiger partial charge in [-0.15, -0.1) is 4.99 Å². The third kappa shape index (κ3) is 4.21. The summed E-state index contributed by atoms with van der Waals surface area (Å²) >= 11 is 0. The second-order valence-electron chi connectivity index (χ2n) is 3.92. The molecule has 0 bridgehead atoms. The van der Waals surface area contributed by atoms with Crippen LogP contribution in [0, 0.1) is 5.92 Å². The Morgan fingerprint density at radius 3 is 2.31 bits per heavy atom. The molecule has 1 fully saturated rings. The Bertz CT molecular complexity index is 245. The van der Waals surface area contributed by atoms with E-state index in [2.05, 4.69) is 4.99 Å². The standard InChI is InChI=1S/C12H21NO3/c1-3-15-11(13-12(14)16-4-2)10-8-6-5-7-9-10/h10H,3-9H2,1-2H3/b13-11-. The fourth-order valence-corrected chi connectivity index (χ4v) is 1.98. The van der Waals surface area contributed by atoms with Gasteiger partial charge < -0.3 is 9.47 Å². The summed E-state index contributed by atoms with van der Waals surface area (Å²) in [4.78, 5) is 15.2. The molecule has 0 saturated heterocycles. The first kappa shape index (κ1) is 13.0. The topological polar surface area (TPSA) is 47.9 Å². The van der Waals surface area contributed by atoms with Crippen LogP contribution in [-0.2, 0) is 9.47 Å². The molecule has 0 unspecified atom stereocenters. The van der Waals surface area contributed by atoms with Crippen LogP contribution in [0.5, 0.6) is 0 Å². The molecule has 92 valence electrons. The van der Waals surface area contributed by atoms with Crippen LogP contribution in [0.3, 0.4) is 0 Å². The molecule has 0 aromatic rings. The zero-order valence-corrected chi connectivity index (χ0v) is 10.2. The predicted octanol–water partition coefficient (Wildman–Crippen LogP) is 3.16. The zero-order chi connectivity index (χ0) is 11.8. The molecule has 4 nitrogen and oxygen atoms in total. The van der Waals surface area contributed by atoms with E-state index in [-0.39, 0.29) is 0 Å². The number of hydrogen-bond donors (Lipinski definition) is 0. The normalized spacial score (nSPS) is 18.2. The van der Waals surface area contributed by atoms with Gasteiger partial charge in [0.05, 0.1) is 13.2 Å². The fraction of sp³-hybridized carbons (Fsp3) is 0.833. The smallest absolute Gasteiger partial charge is 0.436 e. The molecule has 1 aliphatic rings. The van der Waals surface area contributed by atoms with Crippen LogP contribution in [0.2, 0.25) is 0 Å². The van der Waals surface area contributed by atoms with Gasteiger partial charge in [0, 0.05) is 5.92 Å². The van der Waals surface area contributed by atoms with Gasteiger partial charge in [-0.1, -0.05) is 19.3 Å². The number of nitrogens with zero attached hydrogens (tertiary/aromatic N) is 1. The molecule has 0 aromatic carbocycles. The molecule has 0 atom stereocenters. The van der Waals surface area contributed by atoms with Gasteiger partial charge in [-0.3, -0.25) is 0 Å². The van der Waals surface area contributed by atoms with E-state index in [9.17, 15) is 4.79 Å². The molecule has 0 heterocycles. The minimum absolute atomic E-state index is 0.304. The van der Waals surface area contributed by atoms with E-state index in [4.69, 9.17) is 9.47 Å². The minimum atomic E-state index is -0.531. The van der Waals surface area contributed by atoms with E-state index < -0.39 is 6.09 Å². The molecule has 0 aliphatic heterocycles. The van der Waals surface area contributed by atoms with Crippen LogP contribution < -0.4 is 0 Å². The van der Waals surface area contributed by atoms with Gasteiger partial charge in [0.25, 0.3) is 0 Å². The number of hydrogen-bond acceptors (Lipinski definition) is 3. The largest absolute Gasteiger partial charge is 0.481 e. The summed E-state index contributed by atoms with van der Waals surface area (Å²) in [6.07, 6.45) is 5.27. The molecule has 4 heteroatoms. The van der Waals surface area contributed by atoms with Crippen LogP contribution in [0.4, 0.5) is 4.79 Å². The molecule has 0 aromatic heterocycles. The van der Waals surface area contributed by atoms with E-state index in [1.165, 1.54) is 19.3 Å². The molecule has 0 radical (unpaired) electrons. The second-order valence-corrected chi connectivity index (χ2v) is 3.92. The van der Waals surface area contributed by atoms with Gasteiger partial charge in [0.2, 0.25) is 0 Å². The molecule has 16 heavy (non-hydrogen) atoms. The Balaban J connectivity index is 2.60. The molecule has 0 N–H and O–H groups in total. The summed E-state index contributed by atoms with van der Waals surface area (Å²) in [7, 11) is 0. The highest BCUT2D eigenvalue weighted by Crippen LogP contribution is 2.25. The molecule has 1 rings (SSSR count). The number of amides is 1. The Morgan fingerprint density at radius 1 is 1.12 bits per heavy atom. The van der Waals surface area contributed by atoms with Gasteiger partial charge in [0.1, 0.15) is 0 Å². The van der Waals surface area contributed by atoms with Gasteiger partial charge in [0.15, 0.2) is 5.90 Å². The Kier molecular flexibility index (Phi) is 5.90. The Morgan fingerprint density at radius 2 is 1.75 bits per heavy atom. The Hall–Kier alpha value is -1.06. The Labute approximate surface area is 97.0 Å². The first-order chi connectivity index (χ1) is 7.77. The number of ether oxygens (including phenoxy) is 2. The number of carbonyl (C=O) groups is 1. The first-order valence-corrected chi connectivity index (χ1v) is 6.16. The lowest BCUT2D eigenvalue weighted by Crippen LogP contribution is -2.22. The van der Waals surface area contributed by atoms with Crippen LogP contribution >= 0.6 is 0 Å². The van der Waals surface area contributed by atoms with Crippen molar-refractivity contribution in [1.82, 2.24) is 0 Å². The number of rotatable bonds is 3. The van der Waals surface area contributed by atoms with Crippen molar-refractivity contribution in [2.24, 2.45) is 10.9 Å². The van der Waals surface area contributed by atoms with Crippen molar-refractivity contribution in [1.29, 1.82) is 0 Å². The third-order valence-electron chi connectivity index (χ3n) is 2.72. The van der Waals surface area contributed by atoms with E-state index in [1.54, 1.807) is 6.92 Å². The van der Waals surface area contributed by atoms with Gasteiger partial charge in [-0.2, -0.15) is 0 Å². The highest BCUT2D eigenvalue weighted by molar-refractivity contribution is 5.89. The van der Waals surface area contributed by atoms with Crippen LogP contribution in [-0.4, -0.2) is 25.2 Å². The summed E-state index contributed by atoms with van der Waals surface area (Å²) in [5, 5.41) is 0. The lowest BCUT2D eigenvalue weighted by atomic mass is 9.89. The van der Waals surface area contributed by atoms with Crippen LogP contribution in [0.1, 0.15) is 46.0 Å². The molecular weight excluding hydrogens is 206 g/mol. The molecule has 1 aliphatic carbocycles. The maximum atomic E-state index is 11.3. The van der Waals surface area contributed by atoms with Crippen LogP contribution in [0.15, 0.2) is 4.99 Å². The van der Waals surface area contributed by atoms with E-state index in [1.807, 2.05) is 6.92 Å². The lowest BCUT2D eigenvalue weighted by Gasteiger charge is -2.22. The average molecular weight is 227 g/mol. The zero-order valence-electron chi connectivity index (χ0n) is 10.2. The van der Waals surface area contributed by atoms with Gasteiger partial charge in [-0.05, 0) is 26.7 Å². The van der Waals surface area contributed by atoms with Crippen molar-refractivity contribution in [2.45, 2.75) is 46.0 Å². The minimum Gasteiger partial charge on any atom is -0.481 e. The summed E-state index contributed by atoms with van der Waals surface area (Å²) in [5.41, 5.74) is 0. The van der Waals surface area contributed by atoms with Crippen molar-refractivity contribution >= 4 is 12.0 Å². The maximum absolute atomic E-state index is 11.3. The molecule has 1 amide bonds. The predicted molar refractivity (Wildman–Crippen MR) is 62.7 cm³/mol. The summed E-state index contributed by atoms with van der Waals surface area (Å²) in [6, 6.07) is 0. The van der Waals surface area contributed by atoms with Gasteiger partial charge in [-0.25, -0.2) is 4.79 Å². The third-order valence-corrected chi connectivity index (χ3v) is 2.72. The van der Waals surface area contributed by atoms with Crippen molar-refractivity contribution in [3.05, 3.63) is 0 Å². The SMILES string of the molecule is CCOC(=O)/N=C(\OCC)C1CCCCC1. The van der Waals surface area contributed by atoms with Crippen LogP contribution in [0.25, 0.3) is 0 Å². The molecule has 1 saturated carbocycles. The quantitative estimate of drug-likeness (QED) is 0.549. The van der Waals surface area contributed by atoms with Crippen molar-refractivity contribution < 1.29 is 14.3 Å². The molecule has 0 spiro atoms. The maximum Gasteiger partial charge on any atom is 0.436 e. The molecular formula is C12H21NO3. The second kappa shape index (κ2) is 7.25. The number of aliphatic imine (C=N–C) groups is 1. The average Bonchev–Trinajstić information content (AvgIpc) is 2.30. The number of carbonyl (C=O) groups excluding carboxylic acids is 1. The van der Waals surface area contributed by atoms with Crippen molar-refractivity contribution in [2.75, 3.05) is 13.2 Å². The van der Waals surface area contributed by atoms with E-state index in [0.717, 1.165) is 12.8 Å². The lowest BCUT2D eigenvalue weighted by molar-refractivity contribution is 0.161. The highest BCUT2D eigenvalue weighted by atomic mass is 16.6. The van der Waals surface area contributed by atoms with E-state index in [0.29, 0.717) is 25.0 Å². The summed E-state index contributed by atoms with van der Waals surface area (Å²) in [5.74, 6) is 0.874. The fourth-order valence-electron chi connectivity index (χ4n) is 1.98. The summed E-state index contributed by atoms with van der Waals surface area (Å²) < 4.78 is 10.3. The first-order valence-electron chi connectivity index (χ1n) is 6.16. The van der Waals surface area contributed by atoms with Gasteiger partial charge >= 0.3 is 6.09 Å². The highest BCUT2D eigenvalue weighted by Gasteiger charge is 2.21. The van der Waals surface area contributed by atoms with E-state index >= 15 is 0 Å².